The first-order valence-electron chi connectivity index (χ1n) is 5.79. The van der Waals surface area contributed by atoms with Crippen LogP contribution in [-0.4, -0.2) is 10.7 Å². The Morgan fingerprint density at radius 1 is 1.05 bits per heavy atom. The van der Waals surface area contributed by atoms with Crippen LogP contribution in [0.5, 0.6) is 0 Å². The average molecular weight is 295 g/mol. The van der Waals surface area contributed by atoms with Crippen molar-refractivity contribution in [2.24, 2.45) is 0 Å². The molecule has 0 N–H and O–H groups in total. The number of hydrogen-bond acceptors (Lipinski definition) is 3. The SMILES string of the molecule is O=C(Cc1ccc(F)c(F)c1)c1ccc(F)cc1[N+](=O)[O-]. The van der Waals surface area contributed by atoms with Gasteiger partial charge in [0.2, 0.25) is 0 Å². The van der Waals surface area contributed by atoms with Crippen LogP contribution in [0.15, 0.2) is 36.4 Å². The number of Topliss-reactive ketones (excluding diaryl/α,β-unsaturated/α-hetero) is 1. The van der Waals surface area contributed by atoms with Crippen LogP contribution in [0.3, 0.4) is 0 Å². The third-order valence-corrected chi connectivity index (χ3v) is 2.81. The molecule has 0 saturated heterocycles. The molecular formula is C14H8F3NO3. The summed E-state index contributed by atoms with van der Waals surface area (Å²) in [5.74, 6) is -3.70. The molecule has 0 aromatic heterocycles. The fraction of sp³-hybridized carbons (Fsp3) is 0.0714. The summed E-state index contributed by atoms with van der Waals surface area (Å²) in [7, 11) is 0. The van der Waals surface area contributed by atoms with Crippen molar-refractivity contribution in [3.63, 3.8) is 0 Å². The molecule has 4 nitrogen and oxygen atoms in total. The van der Waals surface area contributed by atoms with Gasteiger partial charge in [0.1, 0.15) is 5.82 Å². The van der Waals surface area contributed by atoms with Crippen LogP contribution in [0, 0.1) is 27.6 Å². The molecule has 2 aromatic carbocycles. The van der Waals surface area contributed by atoms with Gasteiger partial charge >= 0.3 is 0 Å². The van der Waals surface area contributed by atoms with E-state index < -0.39 is 33.8 Å². The third kappa shape index (κ3) is 3.25. The minimum absolute atomic E-state index is 0.164. The van der Waals surface area contributed by atoms with E-state index in [2.05, 4.69) is 0 Å². The Morgan fingerprint density at radius 2 is 1.76 bits per heavy atom. The second-order valence-corrected chi connectivity index (χ2v) is 4.27. The van der Waals surface area contributed by atoms with E-state index in [1.54, 1.807) is 0 Å². The molecule has 0 heterocycles. The molecule has 2 aromatic rings. The Hall–Kier alpha value is -2.70. The second kappa shape index (κ2) is 5.74. The van der Waals surface area contributed by atoms with Gasteiger partial charge in [0.15, 0.2) is 17.4 Å². The molecule has 0 bridgehead atoms. The summed E-state index contributed by atoms with van der Waals surface area (Å²) in [6.45, 7) is 0. The normalized spacial score (nSPS) is 10.4. The van der Waals surface area contributed by atoms with Crippen molar-refractivity contribution in [1.82, 2.24) is 0 Å². The summed E-state index contributed by atoms with van der Waals surface area (Å²) in [5.41, 5.74) is -0.786. The van der Waals surface area contributed by atoms with E-state index in [1.165, 1.54) is 6.07 Å². The number of rotatable bonds is 4. The van der Waals surface area contributed by atoms with Crippen molar-refractivity contribution >= 4 is 11.5 Å². The van der Waals surface area contributed by atoms with E-state index in [-0.39, 0.29) is 17.5 Å². The minimum atomic E-state index is -1.12. The Bertz CT molecular complexity index is 731. The van der Waals surface area contributed by atoms with Crippen LogP contribution < -0.4 is 0 Å². The lowest BCUT2D eigenvalue weighted by molar-refractivity contribution is -0.385. The van der Waals surface area contributed by atoms with Crippen LogP contribution >= 0.6 is 0 Å². The van der Waals surface area contributed by atoms with E-state index >= 15 is 0 Å². The molecule has 21 heavy (non-hydrogen) atoms. The zero-order valence-corrected chi connectivity index (χ0v) is 10.5. The molecule has 0 fully saturated rings. The van der Waals surface area contributed by atoms with E-state index in [9.17, 15) is 28.1 Å². The molecule has 0 aliphatic heterocycles. The van der Waals surface area contributed by atoms with Gasteiger partial charge < -0.3 is 0 Å². The number of halogens is 3. The smallest absolute Gasteiger partial charge is 0.283 e. The first-order chi connectivity index (χ1) is 9.88. The van der Waals surface area contributed by atoms with Crippen LogP contribution in [0.4, 0.5) is 18.9 Å². The number of nitro benzene ring substituents is 1. The Morgan fingerprint density at radius 3 is 2.38 bits per heavy atom. The molecule has 0 aliphatic carbocycles. The first kappa shape index (κ1) is 14.7. The van der Waals surface area contributed by atoms with Crippen LogP contribution in [0.2, 0.25) is 0 Å². The van der Waals surface area contributed by atoms with Crippen molar-refractivity contribution in [2.75, 3.05) is 0 Å². The number of benzene rings is 2. The number of carbonyl (C=O) groups is 1. The van der Waals surface area contributed by atoms with Gasteiger partial charge in [-0.15, -0.1) is 0 Å². The maximum Gasteiger partial charge on any atom is 0.283 e. The lowest BCUT2D eigenvalue weighted by Crippen LogP contribution is -2.08. The van der Waals surface area contributed by atoms with Gasteiger partial charge in [-0.25, -0.2) is 13.2 Å². The highest BCUT2D eigenvalue weighted by Gasteiger charge is 2.21. The number of carbonyl (C=O) groups excluding carboxylic acids is 1. The predicted molar refractivity (Wildman–Crippen MR) is 67.4 cm³/mol. The summed E-state index contributed by atoms with van der Waals surface area (Å²) in [6.07, 6.45) is -0.357. The van der Waals surface area contributed by atoms with Crippen LogP contribution in [0.25, 0.3) is 0 Å². The van der Waals surface area contributed by atoms with E-state index in [4.69, 9.17) is 0 Å². The third-order valence-electron chi connectivity index (χ3n) is 2.81. The zero-order valence-electron chi connectivity index (χ0n) is 10.5. The number of nitro groups is 1. The number of ketones is 1. The Labute approximate surface area is 117 Å². The predicted octanol–water partition coefficient (Wildman–Crippen LogP) is 3.44. The lowest BCUT2D eigenvalue weighted by atomic mass is 10.0. The average Bonchev–Trinajstić information content (AvgIpc) is 2.42. The van der Waals surface area contributed by atoms with Crippen molar-refractivity contribution in [2.45, 2.75) is 6.42 Å². The van der Waals surface area contributed by atoms with Gasteiger partial charge in [-0.05, 0) is 29.8 Å². The van der Waals surface area contributed by atoms with E-state index in [0.29, 0.717) is 6.07 Å². The van der Waals surface area contributed by atoms with Crippen molar-refractivity contribution in [3.05, 3.63) is 75.1 Å². The fourth-order valence-corrected chi connectivity index (χ4v) is 1.82. The van der Waals surface area contributed by atoms with Crippen molar-refractivity contribution in [3.8, 4) is 0 Å². The highest BCUT2D eigenvalue weighted by molar-refractivity contribution is 6.01. The monoisotopic (exact) mass is 295 g/mol. The molecule has 108 valence electrons. The topological polar surface area (TPSA) is 60.2 Å². The fourth-order valence-electron chi connectivity index (χ4n) is 1.82. The molecule has 0 spiro atoms. The molecule has 0 unspecified atom stereocenters. The highest BCUT2D eigenvalue weighted by Crippen LogP contribution is 2.22. The minimum Gasteiger partial charge on any atom is -0.294 e. The molecule has 0 atom stereocenters. The number of nitrogens with zero attached hydrogens (tertiary/aromatic N) is 1. The molecular weight excluding hydrogens is 287 g/mol. The quantitative estimate of drug-likeness (QED) is 0.493. The molecule has 7 heteroatoms. The molecule has 0 saturated carbocycles. The molecule has 0 amide bonds. The summed E-state index contributed by atoms with van der Waals surface area (Å²) in [6, 6.07) is 5.45. The Balaban J connectivity index is 2.32. The van der Waals surface area contributed by atoms with E-state index in [0.717, 1.165) is 24.3 Å². The van der Waals surface area contributed by atoms with Gasteiger partial charge in [0.05, 0.1) is 16.6 Å². The summed E-state index contributed by atoms with van der Waals surface area (Å²) in [4.78, 5) is 21.9. The Kier molecular flexibility index (Phi) is 4.02. The van der Waals surface area contributed by atoms with Crippen molar-refractivity contribution in [1.29, 1.82) is 0 Å². The van der Waals surface area contributed by atoms with Gasteiger partial charge in [-0.2, -0.15) is 0 Å². The van der Waals surface area contributed by atoms with Gasteiger partial charge in [-0.3, -0.25) is 14.9 Å². The summed E-state index contributed by atoms with van der Waals surface area (Å²) < 4.78 is 38.8. The second-order valence-electron chi connectivity index (χ2n) is 4.27. The maximum absolute atomic E-state index is 13.0. The van der Waals surface area contributed by atoms with E-state index in [1.807, 2.05) is 0 Å². The number of hydrogen-bond donors (Lipinski definition) is 0. The lowest BCUT2D eigenvalue weighted by Gasteiger charge is -2.04. The van der Waals surface area contributed by atoms with Gasteiger partial charge in [0.25, 0.3) is 5.69 Å². The van der Waals surface area contributed by atoms with Gasteiger partial charge in [-0.1, -0.05) is 6.07 Å². The maximum atomic E-state index is 13.0. The molecule has 2 rings (SSSR count). The summed E-state index contributed by atoms with van der Waals surface area (Å²) in [5, 5.41) is 10.8. The van der Waals surface area contributed by atoms with Crippen LogP contribution in [-0.2, 0) is 6.42 Å². The summed E-state index contributed by atoms with van der Waals surface area (Å²) >= 11 is 0. The molecule has 0 radical (unpaired) electrons. The zero-order chi connectivity index (χ0) is 15.6. The van der Waals surface area contributed by atoms with Crippen molar-refractivity contribution < 1.29 is 22.9 Å². The standard InChI is InChI=1S/C14H8F3NO3/c15-9-2-3-10(13(7-9)18(20)21)14(19)6-8-1-4-11(16)12(17)5-8/h1-5,7H,6H2. The molecule has 0 aliphatic rings. The highest BCUT2D eigenvalue weighted by atomic mass is 19.2. The largest absolute Gasteiger partial charge is 0.294 e. The van der Waals surface area contributed by atoms with Gasteiger partial charge in [0, 0.05) is 6.42 Å². The van der Waals surface area contributed by atoms with Crippen LogP contribution in [0.1, 0.15) is 15.9 Å². The first-order valence-corrected chi connectivity index (χ1v) is 5.79.